The lowest BCUT2D eigenvalue weighted by Gasteiger charge is -2.19. The van der Waals surface area contributed by atoms with E-state index >= 15 is 0 Å². The van der Waals surface area contributed by atoms with Crippen LogP contribution in [0.15, 0.2) is 24.3 Å². The predicted octanol–water partition coefficient (Wildman–Crippen LogP) is 2.77. The number of para-hydroxylation sites is 1. The van der Waals surface area contributed by atoms with Crippen LogP contribution < -0.4 is 15.8 Å². The van der Waals surface area contributed by atoms with Crippen LogP contribution in [0, 0.1) is 5.92 Å². The highest BCUT2D eigenvalue weighted by molar-refractivity contribution is 6.32. The summed E-state index contributed by atoms with van der Waals surface area (Å²) in [6.45, 7) is 0.969. The van der Waals surface area contributed by atoms with Gasteiger partial charge in [0.2, 0.25) is 5.91 Å². The molecule has 0 bridgehead atoms. The largest absolute Gasteiger partial charge is 0.491 e. The number of ether oxygens (including phenoxy) is 1. The summed E-state index contributed by atoms with van der Waals surface area (Å²) in [5, 5.41) is 3.61. The van der Waals surface area contributed by atoms with Crippen molar-refractivity contribution in [2.24, 2.45) is 11.7 Å². The minimum atomic E-state index is 0. The standard InChI is InChI=1S/C15H21ClN2O2.ClH/c16-12-5-1-2-7-14(12)20-9-8-15(19)18-13-6-3-4-11(13)10-17;/h1-2,5,7,11,13H,3-4,6,8-10,17H2,(H,18,19);1H. The number of hydrogen-bond donors (Lipinski definition) is 2. The van der Waals surface area contributed by atoms with E-state index < -0.39 is 0 Å². The Hall–Kier alpha value is -0.970. The first-order valence-electron chi connectivity index (χ1n) is 7.07. The first-order valence-corrected chi connectivity index (χ1v) is 7.45. The Labute approximate surface area is 136 Å². The summed E-state index contributed by atoms with van der Waals surface area (Å²) in [5.41, 5.74) is 5.70. The minimum Gasteiger partial charge on any atom is -0.491 e. The first kappa shape index (κ1) is 18.1. The van der Waals surface area contributed by atoms with Crippen LogP contribution >= 0.6 is 24.0 Å². The molecule has 0 aromatic heterocycles. The Kier molecular flexibility index (Phi) is 7.86. The molecule has 2 atom stereocenters. The summed E-state index contributed by atoms with van der Waals surface area (Å²) < 4.78 is 5.51. The number of amides is 1. The first-order chi connectivity index (χ1) is 9.70. The van der Waals surface area contributed by atoms with Crippen molar-refractivity contribution in [1.82, 2.24) is 5.32 Å². The third-order valence-electron chi connectivity index (χ3n) is 3.73. The highest BCUT2D eigenvalue weighted by atomic mass is 35.5. The summed E-state index contributed by atoms with van der Waals surface area (Å²) in [6.07, 6.45) is 3.61. The number of carbonyl (C=O) groups excluding carboxylic acids is 1. The third kappa shape index (κ3) is 5.38. The predicted molar refractivity (Wildman–Crippen MR) is 87.1 cm³/mol. The van der Waals surface area contributed by atoms with Gasteiger partial charge in [-0.1, -0.05) is 30.2 Å². The van der Waals surface area contributed by atoms with Gasteiger partial charge in [-0.15, -0.1) is 12.4 Å². The van der Waals surface area contributed by atoms with Crippen molar-refractivity contribution in [2.45, 2.75) is 31.7 Å². The van der Waals surface area contributed by atoms with Gasteiger partial charge in [0, 0.05) is 6.04 Å². The van der Waals surface area contributed by atoms with Gasteiger partial charge < -0.3 is 15.8 Å². The zero-order chi connectivity index (χ0) is 14.4. The average molecular weight is 333 g/mol. The lowest BCUT2D eigenvalue weighted by molar-refractivity contribution is -0.122. The van der Waals surface area contributed by atoms with Gasteiger partial charge in [0.1, 0.15) is 5.75 Å². The molecule has 0 aliphatic heterocycles. The van der Waals surface area contributed by atoms with E-state index in [1.807, 2.05) is 12.1 Å². The second-order valence-corrected chi connectivity index (χ2v) is 5.54. The quantitative estimate of drug-likeness (QED) is 0.841. The van der Waals surface area contributed by atoms with Crippen LogP contribution in [0.5, 0.6) is 5.75 Å². The van der Waals surface area contributed by atoms with E-state index in [0.29, 0.717) is 36.3 Å². The summed E-state index contributed by atoms with van der Waals surface area (Å²) >= 11 is 5.98. The summed E-state index contributed by atoms with van der Waals surface area (Å²) in [6, 6.07) is 7.48. The normalized spacial score (nSPS) is 20.7. The molecule has 0 heterocycles. The van der Waals surface area contributed by atoms with Crippen molar-refractivity contribution in [2.75, 3.05) is 13.2 Å². The van der Waals surface area contributed by atoms with E-state index in [1.54, 1.807) is 12.1 Å². The fourth-order valence-electron chi connectivity index (χ4n) is 2.60. The molecule has 1 aromatic rings. The Balaban J connectivity index is 0.00000220. The molecule has 1 amide bonds. The van der Waals surface area contributed by atoms with Crippen LogP contribution in [0.4, 0.5) is 0 Å². The minimum absolute atomic E-state index is 0. The van der Waals surface area contributed by atoms with Gasteiger partial charge in [0.05, 0.1) is 18.1 Å². The van der Waals surface area contributed by atoms with E-state index in [9.17, 15) is 4.79 Å². The molecule has 0 spiro atoms. The molecule has 0 radical (unpaired) electrons. The van der Waals surface area contributed by atoms with Crippen molar-refractivity contribution in [3.8, 4) is 5.75 Å². The van der Waals surface area contributed by atoms with Gasteiger partial charge in [-0.3, -0.25) is 4.79 Å². The molecule has 0 saturated heterocycles. The van der Waals surface area contributed by atoms with E-state index in [0.717, 1.165) is 19.3 Å². The van der Waals surface area contributed by atoms with E-state index in [-0.39, 0.29) is 24.4 Å². The lowest BCUT2D eigenvalue weighted by atomic mass is 10.0. The maximum Gasteiger partial charge on any atom is 0.223 e. The number of hydrogen-bond acceptors (Lipinski definition) is 3. The Morgan fingerprint density at radius 2 is 2.14 bits per heavy atom. The van der Waals surface area contributed by atoms with Gasteiger partial charge >= 0.3 is 0 Å². The zero-order valence-corrected chi connectivity index (χ0v) is 13.5. The number of benzene rings is 1. The van der Waals surface area contributed by atoms with Crippen molar-refractivity contribution in [1.29, 1.82) is 0 Å². The maximum absolute atomic E-state index is 11.9. The average Bonchev–Trinajstić information content (AvgIpc) is 2.88. The molecule has 2 rings (SSSR count). The van der Waals surface area contributed by atoms with Gasteiger partial charge in [0.25, 0.3) is 0 Å². The molecule has 6 heteroatoms. The number of halogens is 2. The van der Waals surface area contributed by atoms with Crippen LogP contribution in [0.2, 0.25) is 5.02 Å². The van der Waals surface area contributed by atoms with Crippen molar-refractivity contribution in [3.63, 3.8) is 0 Å². The molecular weight excluding hydrogens is 311 g/mol. The molecule has 2 unspecified atom stereocenters. The summed E-state index contributed by atoms with van der Waals surface area (Å²) in [4.78, 5) is 11.9. The molecule has 3 N–H and O–H groups in total. The molecule has 4 nitrogen and oxygen atoms in total. The van der Waals surface area contributed by atoms with Crippen LogP contribution in [-0.2, 0) is 4.79 Å². The van der Waals surface area contributed by atoms with Crippen molar-refractivity contribution >= 4 is 29.9 Å². The van der Waals surface area contributed by atoms with Crippen molar-refractivity contribution in [3.05, 3.63) is 29.3 Å². The fraction of sp³-hybridized carbons (Fsp3) is 0.533. The number of nitrogens with one attached hydrogen (secondary N) is 1. The Morgan fingerprint density at radius 3 is 2.86 bits per heavy atom. The Bertz CT molecular complexity index is 457. The van der Waals surface area contributed by atoms with Crippen LogP contribution in [0.1, 0.15) is 25.7 Å². The smallest absolute Gasteiger partial charge is 0.223 e. The molecule has 1 fully saturated rings. The molecule has 1 aliphatic carbocycles. The topological polar surface area (TPSA) is 64.3 Å². The van der Waals surface area contributed by atoms with E-state index in [1.165, 1.54) is 0 Å². The van der Waals surface area contributed by atoms with E-state index in [4.69, 9.17) is 22.1 Å². The SMILES string of the molecule is Cl.NCC1CCCC1NC(=O)CCOc1ccccc1Cl. The molecular formula is C15H22Cl2N2O2. The van der Waals surface area contributed by atoms with Crippen molar-refractivity contribution < 1.29 is 9.53 Å². The Morgan fingerprint density at radius 1 is 1.38 bits per heavy atom. The molecule has 118 valence electrons. The molecule has 1 saturated carbocycles. The van der Waals surface area contributed by atoms with Gasteiger partial charge in [-0.05, 0) is 37.4 Å². The monoisotopic (exact) mass is 332 g/mol. The van der Waals surface area contributed by atoms with Crippen LogP contribution in [0.25, 0.3) is 0 Å². The van der Waals surface area contributed by atoms with Crippen LogP contribution in [0.3, 0.4) is 0 Å². The highest BCUT2D eigenvalue weighted by Crippen LogP contribution is 2.25. The molecule has 1 aliphatic rings. The number of nitrogens with two attached hydrogens (primary N) is 1. The maximum atomic E-state index is 11.9. The van der Waals surface area contributed by atoms with Gasteiger partial charge in [-0.25, -0.2) is 0 Å². The van der Waals surface area contributed by atoms with E-state index in [2.05, 4.69) is 5.32 Å². The second-order valence-electron chi connectivity index (χ2n) is 5.13. The zero-order valence-electron chi connectivity index (χ0n) is 11.9. The molecule has 21 heavy (non-hydrogen) atoms. The molecule has 1 aromatic carbocycles. The van der Waals surface area contributed by atoms with Gasteiger partial charge in [-0.2, -0.15) is 0 Å². The third-order valence-corrected chi connectivity index (χ3v) is 4.04. The highest BCUT2D eigenvalue weighted by Gasteiger charge is 2.27. The van der Waals surface area contributed by atoms with Crippen LogP contribution in [-0.4, -0.2) is 25.1 Å². The van der Waals surface area contributed by atoms with Gasteiger partial charge in [0.15, 0.2) is 0 Å². The summed E-state index contributed by atoms with van der Waals surface area (Å²) in [7, 11) is 0. The lowest BCUT2D eigenvalue weighted by Crippen LogP contribution is -2.40. The number of carbonyl (C=O) groups is 1. The number of rotatable bonds is 6. The fourth-order valence-corrected chi connectivity index (χ4v) is 2.79. The second kappa shape index (κ2) is 9.13. The summed E-state index contributed by atoms with van der Waals surface area (Å²) in [5.74, 6) is 1.05.